The highest BCUT2D eigenvalue weighted by molar-refractivity contribution is 7.86. The van der Waals surface area contributed by atoms with Gasteiger partial charge in [-0.3, -0.25) is 4.18 Å². The Morgan fingerprint density at radius 2 is 2.30 bits per heavy atom. The molecule has 2 fully saturated rings. The summed E-state index contributed by atoms with van der Waals surface area (Å²) in [6.07, 6.45) is 2.69. The van der Waals surface area contributed by atoms with E-state index < -0.39 is 15.7 Å². The standard InChI is InChI=1S/C11H13Cl2N3O3S/c1-20(17,18)19-11-5-15-9(11)4-16(6-11)7-2-8(12)10(13)14-3-7/h2-3,9,15H,4-6H2,1H3/t9-,11-/m0/s1. The molecule has 9 heteroatoms. The molecule has 0 aromatic carbocycles. The van der Waals surface area contributed by atoms with Gasteiger partial charge in [0.15, 0.2) is 0 Å². The summed E-state index contributed by atoms with van der Waals surface area (Å²) in [7, 11) is -3.50. The molecule has 1 N–H and O–H groups in total. The van der Waals surface area contributed by atoms with E-state index in [1.54, 1.807) is 12.3 Å². The minimum Gasteiger partial charge on any atom is -0.365 e. The summed E-state index contributed by atoms with van der Waals surface area (Å²) in [6, 6.07) is 1.70. The molecule has 0 saturated carbocycles. The summed E-state index contributed by atoms with van der Waals surface area (Å²) >= 11 is 11.8. The van der Waals surface area contributed by atoms with Gasteiger partial charge in [-0.2, -0.15) is 8.42 Å². The summed E-state index contributed by atoms with van der Waals surface area (Å²) in [5.41, 5.74) is 0.103. The fourth-order valence-electron chi connectivity index (χ4n) is 2.68. The number of halogens is 2. The predicted molar refractivity (Wildman–Crippen MR) is 76.9 cm³/mol. The van der Waals surface area contributed by atoms with Gasteiger partial charge in [-0.1, -0.05) is 23.2 Å². The second-order valence-electron chi connectivity index (χ2n) is 5.13. The van der Waals surface area contributed by atoms with E-state index in [1.165, 1.54) is 0 Å². The lowest BCUT2D eigenvalue weighted by Gasteiger charge is -2.42. The van der Waals surface area contributed by atoms with Crippen molar-refractivity contribution < 1.29 is 12.6 Å². The van der Waals surface area contributed by atoms with Crippen LogP contribution in [0.2, 0.25) is 10.2 Å². The molecule has 0 aliphatic carbocycles. The predicted octanol–water partition coefficient (Wildman–Crippen LogP) is 0.895. The molecule has 0 spiro atoms. The van der Waals surface area contributed by atoms with Crippen molar-refractivity contribution in [2.75, 3.05) is 30.8 Å². The van der Waals surface area contributed by atoms with Crippen LogP contribution in [-0.4, -0.2) is 50.9 Å². The molecule has 2 saturated heterocycles. The van der Waals surface area contributed by atoms with Crippen LogP contribution in [0.15, 0.2) is 12.3 Å². The number of hydrogen-bond donors (Lipinski definition) is 1. The van der Waals surface area contributed by atoms with E-state index in [0.717, 1.165) is 11.9 Å². The average Bonchev–Trinajstić information content (AvgIpc) is 2.55. The first-order valence-corrected chi connectivity index (χ1v) is 8.56. The molecule has 0 radical (unpaired) electrons. The van der Waals surface area contributed by atoms with Crippen LogP contribution in [0, 0.1) is 0 Å². The van der Waals surface area contributed by atoms with Crippen molar-refractivity contribution in [3.63, 3.8) is 0 Å². The molecule has 20 heavy (non-hydrogen) atoms. The van der Waals surface area contributed by atoms with Crippen molar-refractivity contribution in [2.24, 2.45) is 0 Å². The number of anilines is 1. The summed E-state index contributed by atoms with van der Waals surface area (Å²) in [4.78, 5) is 5.99. The third-order valence-electron chi connectivity index (χ3n) is 3.61. The van der Waals surface area contributed by atoms with Crippen molar-refractivity contribution in [3.8, 4) is 0 Å². The van der Waals surface area contributed by atoms with Crippen molar-refractivity contribution in [3.05, 3.63) is 22.4 Å². The van der Waals surface area contributed by atoms with Crippen molar-refractivity contribution in [1.29, 1.82) is 0 Å². The fraction of sp³-hybridized carbons (Fsp3) is 0.545. The molecule has 0 bridgehead atoms. The number of pyridine rings is 1. The van der Waals surface area contributed by atoms with Crippen LogP contribution in [0.1, 0.15) is 0 Å². The molecule has 3 heterocycles. The molecule has 1 aromatic rings. The first-order valence-electron chi connectivity index (χ1n) is 5.99. The van der Waals surface area contributed by atoms with Crippen LogP contribution >= 0.6 is 23.2 Å². The monoisotopic (exact) mass is 337 g/mol. The van der Waals surface area contributed by atoms with E-state index in [4.69, 9.17) is 27.4 Å². The number of hydrogen-bond acceptors (Lipinski definition) is 6. The van der Waals surface area contributed by atoms with Gasteiger partial charge in [0.2, 0.25) is 0 Å². The summed E-state index contributed by atoms with van der Waals surface area (Å²) in [5.74, 6) is 0. The topological polar surface area (TPSA) is 71.5 Å². The van der Waals surface area contributed by atoms with Gasteiger partial charge < -0.3 is 10.2 Å². The number of nitrogens with one attached hydrogen (secondary N) is 1. The molecule has 110 valence electrons. The van der Waals surface area contributed by atoms with E-state index >= 15 is 0 Å². The van der Waals surface area contributed by atoms with Gasteiger partial charge in [-0.25, -0.2) is 4.98 Å². The summed E-state index contributed by atoms with van der Waals surface area (Å²) < 4.78 is 28.1. The van der Waals surface area contributed by atoms with E-state index in [9.17, 15) is 8.42 Å². The smallest absolute Gasteiger partial charge is 0.265 e. The Morgan fingerprint density at radius 3 is 2.85 bits per heavy atom. The van der Waals surface area contributed by atoms with Gasteiger partial charge in [0.1, 0.15) is 10.8 Å². The summed E-state index contributed by atoms with van der Waals surface area (Å²) in [5, 5.41) is 3.80. The van der Waals surface area contributed by atoms with Crippen LogP contribution in [-0.2, 0) is 14.3 Å². The second kappa shape index (κ2) is 4.71. The lowest BCUT2D eigenvalue weighted by atomic mass is 9.90. The first-order chi connectivity index (χ1) is 9.29. The number of fused-ring (bicyclic) bond motifs is 1. The van der Waals surface area contributed by atoms with Gasteiger partial charge in [0, 0.05) is 13.1 Å². The maximum absolute atomic E-state index is 11.4. The average molecular weight is 338 g/mol. The Bertz CT molecular complexity index is 654. The molecule has 6 nitrogen and oxygen atoms in total. The minimum atomic E-state index is -3.50. The van der Waals surface area contributed by atoms with Gasteiger partial charge in [-0.15, -0.1) is 0 Å². The van der Waals surface area contributed by atoms with Gasteiger partial charge in [0.05, 0.1) is 35.7 Å². The normalized spacial score (nSPS) is 29.1. The Morgan fingerprint density at radius 1 is 1.55 bits per heavy atom. The molecule has 2 aliphatic rings. The SMILES string of the molecule is CS(=O)(=O)O[C@]12CN[C@H]1CN(c1cnc(Cl)c(Cl)c1)C2. The van der Waals surface area contributed by atoms with Crippen LogP contribution in [0.3, 0.4) is 0 Å². The zero-order valence-electron chi connectivity index (χ0n) is 10.6. The fourth-order valence-corrected chi connectivity index (χ4v) is 3.77. The number of nitrogens with zero attached hydrogens (tertiary/aromatic N) is 2. The highest BCUT2D eigenvalue weighted by Gasteiger charge is 2.56. The zero-order chi connectivity index (χ0) is 14.5. The van der Waals surface area contributed by atoms with Crippen LogP contribution in [0.4, 0.5) is 5.69 Å². The lowest BCUT2D eigenvalue weighted by molar-refractivity contribution is 0.00981. The van der Waals surface area contributed by atoms with Crippen molar-refractivity contribution in [2.45, 2.75) is 11.6 Å². The Labute approximate surface area is 127 Å². The molecule has 2 atom stereocenters. The zero-order valence-corrected chi connectivity index (χ0v) is 13.0. The third-order valence-corrected chi connectivity index (χ3v) is 4.93. The maximum atomic E-state index is 11.4. The van der Waals surface area contributed by atoms with Crippen LogP contribution < -0.4 is 10.2 Å². The molecule has 1 aromatic heterocycles. The highest BCUT2D eigenvalue weighted by Crippen LogP contribution is 2.37. The largest absolute Gasteiger partial charge is 0.365 e. The van der Waals surface area contributed by atoms with E-state index in [2.05, 4.69) is 10.3 Å². The Balaban J connectivity index is 1.83. The quantitative estimate of drug-likeness (QED) is 0.652. The molecular weight excluding hydrogens is 325 g/mol. The molecule has 3 rings (SSSR count). The van der Waals surface area contributed by atoms with E-state index in [1.807, 2.05) is 4.90 Å². The molecule has 0 amide bonds. The maximum Gasteiger partial charge on any atom is 0.265 e. The van der Waals surface area contributed by atoms with Crippen molar-refractivity contribution in [1.82, 2.24) is 10.3 Å². The van der Waals surface area contributed by atoms with Gasteiger partial charge in [0.25, 0.3) is 10.1 Å². The van der Waals surface area contributed by atoms with Crippen LogP contribution in [0.5, 0.6) is 0 Å². The minimum absolute atomic E-state index is 0.0216. The summed E-state index contributed by atoms with van der Waals surface area (Å²) in [6.45, 7) is 1.61. The molecule has 0 unspecified atom stereocenters. The Kier molecular flexibility index (Phi) is 3.38. The first kappa shape index (κ1) is 14.3. The number of rotatable bonds is 3. The highest BCUT2D eigenvalue weighted by atomic mass is 35.5. The van der Waals surface area contributed by atoms with Crippen molar-refractivity contribution >= 4 is 39.0 Å². The van der Waals surface area contributed by atoms with E-state index in [-0.39, 0.29) is 11.2 Å². The molecule has 2 aliphatic heterocycles. The van der Waals surface area contributed by atoms with E-state index in [0.29, 0.717) is 24.7 Å². The number of aromatic nitrogens is 1. The van der Waals surface area contributed by atoms with Gasteiger partial charge in [-0.05, 0) is 6.07 Å². The molecular formula is C11H13Cl2N3O3S. The van der Waals surface area contributed by atoms with Crippen LogP contribution in [0.25, 0.3) is 0 Å². The van der Waals surface area contributed by atoms with Gasteiger partial charge >= 0.3 is 0 Å². The third kappa shape index (κ3) is 2.48. The second-order valence-corrected chi connectivity index (χ2v) is 7.47. The Hall–Kier alpha value is -0.600. The lowest BCUT2D eigenvalue weighted by Crippen LogP contribution is -2.69.